The second kappa shape index (κ2) is 28.4. The molecule has 2 aromatic heterocycles. The molecule has 0 atom stereocenters. The summed E-state index contributed by atoms with van der Waals surface area (Å²) in [4.78, 5) is 3.67. The van der Waals surface area contributed by atoms with Crippen molar-refractivity contribution in [1.29, 1.82) is 0 Å². The first-order valence-electron chi connectivity index (χ1n) is 53.7. The fraction of sp³-hybridized carbons (Fsp3) is 0.105. The zero-order valence-electron chi connectivity index (χ0n) is 94.7. The number of rotatable bonds is 12. The van der Waals surface area contributed by atoms with Gasteiger partial charge in [-0.1, -0.05) is 365 Å². The molecule has 0 aliphatic carbocycles. The largest absolute Gasteiger partial charge is 0.310 e. The second-order valence-electron chi connectivity index (χ2n) is 33.4. The van der Waals surface area contributed by atoms with Crippen molar-refractivity contribution in [2.45, 2.75) is 78.6 Å². The number of hydrogen-bond donors (Lipinski definition) is 0. The van der Waals surface area contributed by atoms with Gasteiger partial charge >= 0.3 is 0 Å². The van der Waals surface area contributed by atoms with E-state index >= 15 is 0 Å². The molecule has 0 N–H and O–H groups in total. The molecule has 17 aromatic carbocycles. The molecule has 0 unspecified atom stereocenters. The van der Waals surface area contributed by atoms with Gasteiger partial charge in [0.05, 0.1) is 71.8 Å². The molecule has 2 aliphatic heterocycles. The van der Waals surface area contributed by atoms with E-state index in [1.54, 1.807) is 60.7 Å². The Morgan fingerprint density at radius 2 is 0.555 bits per heavy atom. The van der Waals surface area contributed by atoms with Crippen LogP contribution in [0.25, 0.3) is 144 Å². The van der Waals surface area contributed by atoms with Crippen molar-refractivity contribution >= 4 is 101 Å². The molecule has 0 bridgehead atoms. The van der Waals surface area contributed by atoms with Crippen LogP contribution in [-0.4, -0.2) is 15.8 Å². The van der Waals surface area contributed by atoms with Gasteiger partial charge in [0.25, 0.3) is 6.71 Å². The Hall–Kier alpha value is -14.0. The summed E-state index contributed by atoms with van der Waals surface area (Å²) in [6.45, 7) is 16.5. The molecule has 5 heteroatoms. The van der Waals surface area contributed by atoms with Crippen molar-refractivity contribution in [3.05, 3.63) is 404 Å². The predicted octanol–water partition coefficient (Wildman–Crippen LogP) is 29.2. The topological polar surface area (TPSA) is 16.3 Å². The molecule has 570 valence electrons. The molecule has 0 fully saturated rings. The van der Waals surface area contributed by atoms with Crippen molar-refractivity contribution in [3.63, 3.8) is 0 Å². The van der Waals surface area contributed by atoms with E-state index in [4.69, 9.17) is 0 Å². The molecular weight excluding hydrogens is 1440 g/mol. The van der Waals surface area contributed by atoms with Crippen LogP contribution in [0.1, 0.15) is 117 Å². The summed E-state index contributed by atoms with van der Waals surface area (Å²) in [5, 5.41) is -1.97. The molecular formula is C114H91BN4. The van der Waals surface area contributed by atoms with Gasteiger partial charge < -0.3 is 18.9 Å². The highest BCUT2D eigenvalue weighted by Gasteiger charge is 2.47. The Labute approximate surface area is 738 Å². The summed E-state index contributed by atoms with van der Waals surface area (Å²) in [5.41, 5.74) is -1.65. The summed E-state index contributed by atoms with van der Waals surface area (Å²) < 4.78 is 293. The quantitative estimate of drug-likeness (QED) is 0.113. The molecule has 0 saturated heterocycles. The van der Waals surface area contributed by atoms with Gasteiger partial charge in [-0.3, -0.25) is 0 Å². The highest BCUT2D eigenvalue weighted by molar-refractivity contribution is 7.00. The van der Waals surface area contributed by atoms with Crippen LogP contribution in [0.2, 0.25) is 0 Å². The second-order valence-corrected chi connectivity index (χ2v) is 33.4. The minimum absolute atomic E-state index is 0.200. The summed E-state index contributed by atoms with van der Waals surface area (Å²) >= 11 is 0. The Kier molecular flexibility index (Phi) is 11.6. The average Bonchev–Trinajstić information content (AvgIpc) is 1.64. The zero-order chi connectivity index (χ0) is 105. The lowest BCUT2D eigenvalue weighted by atomic mass is 9.33. The van der Waals surface area contributed by atoms with E-state index in [2.05, 4.69) is 41.5 Å². The predicted molar refractivity (Wildman–Crippen MR) is 509 cm³/mol. The smallest absolute Gasteiger partial charge is 0.252 e. The minimum atomic E-state index is -1.83. The standard InChI is InChI=1S/C114H91BN4/c1-112(2,3)84-66-95(76-40-20-12-21-41-76)110(96(67-84)77-42-22-13-23-43-77)118-103-72-87(116-101-58-30-28-52-91(101)93-56-34-54-89(108(93)116)82-50-32-48-80(64-82)74-36-16-10-17-37-74)60-62-99(103)115-100-63-61-88(117-102-59-31-29-53-92(102)94-57-35-55-90(109(94)117)83-51-33-49-81(65-83)75-38-18-11-19-39-75)73-104(100)119(106-71-86(114(7,8)9)70-105(118)107(106)115)111-97(78-44-24-14-25-45-78)68-85(113(4,5)6)69-98(111)79-46-26-15-27-47-79/h10-73H,1-9H3/i28D,29D,30D,31D,32D,33D,34D,35D,48D,49D,50D,51D,52D,53D,54D,55D,56D,57D,58D,59D,60D,61D,62D,63D,64D,65D,72D,73D. The van der Waals surface area contributed by atoms with Gasteiger partial charge in [-0.15, -0.1) is 0 Å². The maximum Gasteiger partial charge on any atom is 0.252 e. The van der Waals surface area contributed by atoms with Crippen molar-refractivity contribution in [2.24, 2.45) is 0 Å². The average molecular weight is 1560 g/mol. The van der Waals surface area contributed by atoms with Crippen LogP contribution in [0.4, 0.5) is 34.1 Å². The summed E-state index contributed by atoms with van der Waals surface area (Å²) in [6, 6.07) is 43.5. The third-order valence-corrected chi connectivity index (χ3v) is 22.9. The van der Waals surface area contributed by atoms with Crippen LogP contribution < -0.4 is 26.2 Å². The maximum absolute atomic E-state index is 12.3. The van der Waals surface area contributed by atoms with E-state index in [0.29, 0.717) is 61.4 Å². The number of anilines is 6. The Morgan fingerprint density at radius 3 is 0.899 bits per heavy atom. The molecule has 0 spiro atoms. The van der Waals surface area contributed by atoms with Crippen LogP contribution in [0.15, 0.2) is 388 Å². The first kappa shape index (κ1) is 48.5. The van der Waals surface area contributed by atoms with Gasteiger partial charge in [0.2, 0.25) is 0 Å². The van der Waals surface area contributed by atoms with Crippen LogP contribution in [-0.2, 0) is 16.2 Å². The van der Waals surface area contributed by atoms with Crippen molar-refractivity contribution in [3.8, 4) is 100 Å². The fourth-order valence-corrected chi connectivity index (χ4v) is 17.0. The third-order valence-electron chi connectivity index (χ3n) is 22.9. The summed E-state index contributed by atoms with van der Waals surface area (Å²) in [6.07, 6.45) is 0. The Balaban J connectivity index is 1.04. The molecule has 0 saturated carbocycles. The van der Waals surface area contributed by atoms with E-state index in [1.165, 1.54) is 0 Å². The zero-order valence-corrected chi connectivity index (χ0v) is 66.7. The highest BCUT2D eigenvalue weighted by Crippen LogP contribution is 2.56. The Morgan fingerprint density at radius 1 is 0.252 bits per heavy atom. The van der Waals surface area contributed by atoms with Gasteiger partial charge in [-0.25, -0.2) is 0 Å². The van der Waals surface area contributed by atoms with Crippen molar-refractivity contribution < 1.29 is 38.4 Å². The monoisotopic (exact) mass is 1550 g/mol. The highest BCUT2D eigenvalue weighted by atomic mass is 15.2. The molecule has 4 heterocycles. The van der Waals surface area contributed by atoms with Crippen molar-refractivity contribution in [2.75, 3.05) is 9.80 Å². The fourth-order valence-electron chi connectivity index (χ4n) is 17.0. The van der Waals surface area contributed by atoms with E-state index in [-0.39, 0.29) is 61.4 Å². The van der Waals surface area contributed by atoms with E-state index in [1.807, 2.05) is 188 Å². The first-order valence-corrected chi connectivity index (χ1v) is 39.7. The van der Waals surface area contributed by atoms with E-state index in [9.17, 15) is 38.4 Å². The van der Waals surface area contributed by atoms with Crippen LogP contribution in [0.5, 0.6) is 0 Å². The number of hydrogen-bond acceptors (Lipinski definition) is 2. The summed E-state index contributed by atoms with van der Waals surface area (Å²) in [5.74, 6) is 0. The van der Waals surface area contributed by atoms with Crippen LogP contribution >= 0.6 is 0 Å². The lowest BCUT2D eigenvalue weighted by Gasteiger charge is -2.47. The van der Waals surface area contributed by atoms with E-state index in [0.717, 1.165) is 20.3 Å². The lowest BCUT2D eigenvalue weighted by Crippen LogP contribution is -2.61. The number of benzene rings is 17. The number of aromatic nitrogens is 2. The van der Waals surface area contributed by atoms with Gasteiger partial charge in [-0.2, -0.15) is 0 Å². The molecule has 119 heavy (non-hydrogen) atoms. The van der Waals surface area contributed by atoms with Crippen LogP contribution in [0, 0.1) is 0 Å². The molecule has 21 rings (SSSR count). The molecule has 0 radical (unpaired) electrons. The number of para-hydroxylation sites is 4. The normalized spacial score (nSPS) is 16.0. The number of fused-ring (bicyclic) bond motifs is 10. The lowest BCUT2D eigenvalue weighted by molar-refractivity contribution is 0.590. The molecule has 19 aromatic rings. The first-order chi connectivity index (χ1) is 69.7. The van der Waals surface area contributed by atoms with E-state index < -0.39 is 269 Å². The van der Waals surface area contributed by atoms with Gasteiger partial charge in [0.1, 0.15) is 0 Å². The summed E-state index contributed by atoms with van der Waals surface area (Å²) in [7, 11) is 0. The third kappa shape index (κ3) is 12.4. The SMILES string of the molecule is [2H]c1c([2H])c(-c2ccccc2)c([2H])c(-c2c([2H])c([2H])c([2H])c3c4c([2H])c([2H])c([2H])c([2H])c4n(-c4c([2H])c([2H])c5c(c4[2H])N(c4c(-c6ccccc6)cc(C(C)(C)C)cc4-c4ccccc4)c4cc(C(C)(C)C)cc6c4B5c4c([2H])c([2H])c(-n5c7c([2H])c([2H])c([2H])c([2H])c7c7c([2H])c([2H])c([2H])c(-c8c([2H])c([2H])c([2H])c(-c9ccccc9)c8[2H])c75)c([2H])c4N6c4c(-c5ccccc5)cc(C(C)(C)C)cc4-c4ccccc4)c23)c1[2H]. The van der Waals surface area contributed by atoms with Gasteiger partial charge in [0, 0.05) is 89.0 Å². The van der Waals surface area contributed by atoms with Crippen LogP contribution in [0.3, 0.4) is 0 Å². The molecule has 2 aliphatic rings. The Bertz CT molecular complexity index is 8360. The maximum atomic E-state index is 12.3. The van der Waals surface area contributed by atoms with Gasteiger partial charge in [-0.05, 0) is 190 Å². The number of nitrogens with zero attached hydrogens (tertiary/aromatic N) is 4. The molecule has 4 nitrogen and oxygen atoms in total. The van der Waals surface area contributed by atoms with Crippen molar-refractivity contribution in [1.82, 2.24) is 9.13 Å². The van der Waals surface area contributed by atoms with Gasteiger partial charge in [0.15, 0.2) is 0 Å². The minimum Gasteiger partial charge on any atom is -0.310 e. The molecule has 0 amide bonds.